The fraction of sp³-hybridized carbons (Fsp3) is 0.692. The first-order valence-electron chi connectivity index (χ1n) is 6.77. The molecule has 0 saturated carbocycles. The predicted molar refractivity (Wildman–Crippen MR) is 77.1 cm³/mol. The highest BCUT2D eigenvalue weighted by Gasteiger charge is 2.20. The van der Waals surface area contributed by atoms with E-state index in [1.165, 1.54) is 0 Å². The van der Waals surface area contributed by atoms with E-state index in [9.17, 15) is 8.42 Å². The minimum atomic E-state index is -3.54. The molecule has 6 nitrogen and oxygen atoms in total. The Kier molecular flexibility index (Phi) is 6.67. The second kappa shape index (κ2) is 7.78. The molecule has 1 aromatic rings. The summed E-state index contributed by atoms with van der Waals surface area (Å²) in [5.74, 6) is 1.01. The van der Waals surface area contributed by atoms with E-state index in [1.54, 1.807) is 13.0 Å². The molecule has 0 saturated heterocycles. The first kappa shape index (κ1) is 17.2. The fourth-order valence-corrected chi connectivity index (χ4v) is 2.87. The molecule has 0 aliphatic rings. The zero-order valence-electron chi connectivity index (χ0n) is 12.5. The molecule has 1 heterocycles. The van der Waals surface area contributed by atoms with Crippen LogP contribution in [0.5, 0.6) is 0 Å². The zero-order chi connectivity index (χ0) is 15.2. The number of hydrogen-bond acceptors (Lipinski definition) is 5. The van der Waals surface area contributed by atoms with Crippen LogP contribution in [-0.4, -0.2) is 34.2 Å². The monoisotopic (exact) mass is 304 g/mol. The van der Waals surface area contributed by atoms with Gasteiger partial charge in [-0.3, -0.25) is 0 Å². The van der Waals surface area contributed by atoms with Gasteiger partial charge in [-0.15, -0.1) is 0 Å². The largest absolute Gasteiger partial charge is 0.464 e. The summed E-state index contributed by atoms with van der Waals surface area (Å²) in [5.41, 5.74) is 0. The van der Waals surface area contributed by atoms with E-state index in [4.69, 9.17) is 9.15 Å². The lowest BCUT2D eigenvalue weighted by atomic mass is 10.3. The Morgan fingerprint density at radius 1 is 1.40 bits per heavy atom. The second-order valence-electron chi connectivity index (χ2n) is 4.76. The molecule has 1 rings (SSSR count). The van der Waals surface area contributed by atoms with Crippen LogP contribution >= 0.6 is 0 Å². The molecule has 0 atom stereocenters. The molecular weight excluding hydrogens is 280 g/mol. The molecule has 0 aromatic carbocycles. The lowest BCUT2D eigenvalue weighted by Gasteiger charge is -2.05. The van der Waals surface area contributed by atoms with Crippen LogP contribution in [-0.2, 0) is 21.3 Å². The molecule has 0 bridgehead atoms. The summed E-state index contributed by atoms with van der Waals surface area (Å²) >= 11 is 0. The maximum absolute atomic E-state index is 12.1. The first-order chi connectivity index (χ1) is 9.36. The van der Waals surface area contributed by atoms with Crippen molar-refractivity contribution >= 4 is 10.0 Å². The van der Waals surface area contributed by atoms with Crippen LogP contribution in [0.25, 0.3) is 0 Å². The number of hydrogen-bond donors (Lipinski definition) is 2. The molecule has 7 heteroatoms. The smallest absolute Gasteiger partial charge is 0.244 e. The van der Waals surface area contributed by atoms with E-state index >= 15 is 0 Å². The molecule has 116 valence electrons. The zero-order valence-corrected chi connectivity index (χ0v) is 13.3. The number of aryl methyl sites for hydroxylation is 1. The summed E-state index contributed by atoms with van der Waals surface area (Å²) in [6, 6.07) is 1.87. The minimum Gasteiger partial charge on any atom is -0.464 e. The Morgan fingerprint density at radius 2 is 2.10 bits per heavy atom. The van der Waals surface area contributed by atoms with Crippen molar-refractivity contribution in [1.82, 2.24) is 10.0 Å². The third-order valence-corrected chi connectivity index (χ3v) is 4.21. The summed E-state index contributed by atoms with van der Waals surface area (Å²) in [5, 5.41) is 3.18. The van der Waals surface area contributed by atoms with Crippen molar-refractivity contribution in [2.24, 2.45) is 0 Å². The van der Waals surface area contributed by atoms with Crippen molar-refractivity contribution in [3.8, 4) is 0 Å². The number of nitrogens with one attached hydrogen (secondary N) is 2. The fourth-order valence-electron chi connectivity index (χ4n) is 1.65. The van der Waals surface area contributed by atoms with Crippen LogP contribution in [0.15, 0.2) is 15.4 Å². The van der Waals surface area contributed by atoms with Gasteiger partial charge in [0.05, 0.1) is 13.2 Å². The Morgan fingerprint density at radius 3 is 2.70 bits per heavy atom. The molecule has 0 fully saturated rings. The highest BCUT2D eigenvalue weighted by atomic mass is 32.2. The Hall–Kier alpha value is -0.890. The number of furan rings is 1. The first-order valence-corrected chi connectivity index (χ1v) is 8.25. The minimum absolute atomic E-state index is 0.189. The van der Waals surface area contributed by atoms with Gasteiger partial charge in [-0.05, 0) is 13.8 Å². The quantitative estimate of drug-likeness (QED) is 0.674. The maximum atomic E-state index is 12.1. The SMILES string of the molecule is CCOCCNS(=O)(=O)c1cc(CNC(C)C)oc1C. The van der Waals surface area contributed by atoms with Gasteiger partial charge in [0.15, 0.2) is 0 Å². The van der Waals surface area contributed by atoms with Gasteiger partial charge in [-0.2, -0.15) is 0 Å². The second-order valence-corrected chi connectivity index (χ2v) is 6.50. The predicted octanol–water partition coefficient (Wildman–Crippen LogP) is 1.40. The van der Waals surface area contributed by atoms with Crippen LogP contribution < -0.4 is 10.0 Å². The number of ether oxygens (including phenoxy) is 1. The van der Waals surface area contributed by atoms with Crippen LogP contribution in [0.4, 0.5) is 0 Å². The highest BCUT2D eigenvalue weighted by Crippen LogP contribution is 2.19. The average Bonchev–Trinajstić information content (AvgIpc) is 2.74. The van der Waals surface area contributed by atoms with Gasteiger partial charge in [0, 0.05) is 25.3 Å². The summed E-state index contributed by atoms with van der Waals surface area (Å²) < 4.78 is 37.3. The van der Waals surface area contributed by atoms with E-state index in [-0.39, 0.29) is 11.4 Å². The molecule has 0 aliphatic carbocycles. The van der Waals surface area contributed by atoms with Crippen molar-refractivity contribution in [1.29, 1.82) is 0 Å². The summed E-state index contributed by atoms with van der Waals surface area (Å²) in [4.78, 5) is 0.189. The Balaban J connectivity index is 2.69. The van der Waals surface area contributed by atoms with E-state index in [1.807, 2.05) is 20.8 Å². The van der Waals surface area contributed by atoms with Gasteiger partial charge in [0.2, 0.25) is 10.0 Å². The lowest BCUT2D eigenvalue weighted by molar-refractivity contribution is 0.153. The Bertz CT molecular complexity index is 508. The molecule has 0 amide bonds. The van der Waals surface area contributed by atoms with Gasteiger partial charge in [-0.25, -0.2) is 13.1 Å². The summed E-state index contributed by atoms with van der Waals surface area (Å²) in [7, 11) is -3.54. The molecule has 0 unspecified atom stereocenters. The van der Waals surface area contributed by atoms with Crippen molar-refractivity contribution in [2.75, 3.05) is 19.8 Å². The van der Waals surface area contributed by atoms with E-state index in [0.29, 0.717) is 37.3 Å². The Labute approximate surface area is 120 Å². The van der Waals surface area contributed by atoms with Gasteiger partial charge >= 0.3 is 0 Å². The van der Waals surface area contributed by atoms with Crippen molar-refractivity contribution in [3.05, 3.63) is 17.6 Å². The normalized spacial score (nSPS) is 12.2. The average molecular weight is 304 g/mol. The molecular formula is C13H24N2O4S. The molecule has 2 N–H and O–H groups in total. The third-order valence-electron chi connectivity index (χ3n) is 2.64. The number of sulfonamides is 1. The van der Waals surface area contributed by atoms with Gasteiger partial charge in [0.1, 0.15) is 16.4 Å². The van der Waals surface area contributed by atoms with E-state index in [2.05, 4.69) is 10.0 Å². The third kappa shape index (κ3) is 5.24. The van der Waals surface area contributed by atoms with Crippen LogP contribution in [0.3, 0.4) is 0 Å². The van der Waals surface area contributed by atoms with Crippen LogP contribution in [0.2, 0.25) is 0 Å². The molecule has 20 heavy (non-hydrogen) atoms. The molecule has 0 radical (unpaired) electrons. The number of rotatable bonds is 9. The van der Waals surface area contributed by atoms with Crippen molar-refractivity contribution in [2.45, 2.75) is 45.2 Å². The van der Waals surface area contributed by atoms with Crippen molar-refractivity contribution < 1.29 is 17.6 Å². The standard InChI is InChI=1S/C13H24N2O4S/c1-5-18-7-6-15-20(16,17)13-8-12(19-11(13)4)9-14-10(2)3/h8,10,14-15H,5-7,9H2,1-4H3. The van der Waals surface area contributed by atoms with Crippen LogP contribution in [0, 0.1) is 6.92 Å². The topological polar surface area (TPSA) is 80.6 Å². The van der Waals surface area contributed by atoms with Gasteiger partial charge < -0.3 is 14.5 Å². The summed E-state index contributed by atoms with van der Waals surface area (Å²) in [6.07, 6.45) is 0. The van der Waals surface area contributed by atoms with Gasteiger partial charge in [-0.1, -0.05) is 13.8 Å². The summed E-state index contributed by atoms with van der Waals surface area (Å²) in [6.45, 7) is 9.23. The van der Waals surface area contributed by atoms with E-state index in [0.717, 1.165) is 0 Å². The molecule has 1 aromatic heterocycles. The van der Waals surface area contributed by atoms with E-state index < -0.39 is 10.0 Å². The molecule has 0 spiro atoms. The van der Waals surface area contributed by atoms with Crippen molar-refractivity contribution in [3.63, 3.8) is 0 Å². The van der Waals surface area contributed by atoms with Gasteiger partial charge in [0.25, 0.3) is 0 Å². The highest BCUT2D eigenvalue weighted by molar-refractivity contribution is 7.89. The van der Waals surface area contributed by atoms with Crippen LogP contribution in [0.1, 0.15) is 32.3 Å². The lowest BCUT2D eigenvalue weighted by Crippen LogP contribution is -2.27. The molecule has 0 aliphatic heterocycles. The maximum Gasteiger partial charge on any atom is 0.244 e.